The molecule has 2 heterocycles. The molecule has 1 aromatic carbocycles. The van der Waals surface area contributed by atoms with Gasteiger partial charge in [0.2, 0.25) is 5.91 Å². The number of carbonyl (C=O) groups is 1. The lowest BCUT2D eigenvalue weighted by molar-refractivity contribution is -0.121. The van der Waals surface area contributed by atoms with E-state index in [9.17, 15) is 9.59 Å². The molecule has 2 aromatic rings. The third-order valence-corrected chi connectivity index (χ3v) is 7.27. The molecule has 7 nitrogen and oxygen atoms in total. The molecule has 186 valence electrons. The van der Waals surface area contributed by atoms with Gasteiger partial charge in [0.15, 0.2) is 5.16 Å². The van der Waals surface area contributed by atoms with Crippen LogP contribution in [0.1, 0.15) is 43.0 Å². The van der Waals surface area contributed by atoms with Crippen LogP contribution in [0.5, 0.6) is 0 Å². The van der Waals surface area contributed by atoms with Gasteiger partial charge < -0.3 is 10.1 Å². The van der Waals surface area contributed by atoms with Crippen molar-refractivity contribution in [3.05, 3.63) is 56.5 Å². The summed E-state index contributed by atoms with van der Waals surface area (Å²) in [6, 6.07) is 7.60. The first-order valence-corrected chi connectivity index (χ1v) is 13.4. The Morgan fingerprint density at radius 1 is 1.26 bits per heavy atom. The van der Waals surface area contributed by atoms with Crippen LogP contribution < -0.4 is 10.9 Å². The van der Waals surface area contributed by atoms with E-state index in [1.807, 2.05) is 31.2 Å². The van der Waals surface area contributed by atoms with E-state index in [0.717, 1.165) is 73.4 Å². The Morgan fingerprint density at radius 3 is 2.79 bits per heavy atom. The molecule has 1 fully saturated rings. The van der Waals surface area contributed by atoms with Crippen LogP contribution in [0.4, 0.5) is 0 Å². The zero-order chi connectivity index (χ0) is 24.3. The SMILES string of the molecule is CCc1nc(SCCCCC(=O)NCCN2CCOCC2)n(C)c(=O)c1Cc1cccc(Cl)c1. The number of ether oxygens (including phenoxy) is 1. The number of unbranched alkanes of at least 4 members (excludes halogenated alkanes) is 1. The second-order valence-corrected chi connectivity index (χ2v) is 9.95. The van der Waals surface area contributed by atoms with Gasteiger partial charge in [0.05, 0.1) is 18.9 Å². The van der Waals surface area contributed by atoms with Crippen molar-refractivity contribution >= 4 is 29.3 Å². The minimum Gasteiger partial charge on any atom is -0.379 e. The lowest BCUT2D eigenvalue weighted by Crippen LogP contribution is -2.41. The molecule has 0 atom stereocenters. The number of hydrogen-bond donors (Lipinski definition) is 1. The summed E-state index contributed by atoms with van der Waals surface area (Å²) in [5, 5.41) is 4.40. The van der Waals surface area contributed by atoms with Crippen LogP contribution in [0.2, 0.25) is 5.02 Å². The fraction of sp³-hybridized carbons (Fsp3) is 0.560. The molecule has 1 aliphatic heterocycles. The first-order chi connectivity index (χ1) is 16.5. The van der Waals surface area contributed by atoms with Crippen LogP contribution in [-0.4, -0.2) is 65.5 Å². The summed E-state index contributed by atoms with van der Waals surface area (Å²) in [5.41, 5.74) is 2.56. The number of benzene rings is 1. The second kappa shape index (κ2) is 13.9. The molecule has 0 unspecified atom stereocenters. The third-order valence-electron chi connectivity index (χ3n) is 5.92. The number of aromatic nitrogens is 2. The fourth-order valence-electron chi connectivity index (χ4n) is 3.94. The summed E-state index contributed by atoms with van der Waals surface area (Å²) >= 11 is 7.68. The predicted octanol–water partition coefficient (Wildman–Crippen LogP) is 3.30. The lowest BCUT2D eigenvalue weighted by atomic mass is 10.0. The normalized spacial score (nSPS) is 14.3. The fourth-order valence-corrected chi connectivity index (χ4v) is 5.13. The summed E-state index contributed by atoms with van der Waals surface area (Å²) in [4.78, 5) is 32.2. The standard InChI is InChI=1S/C25H35ClN4O3S/c1-3-22-21(18-19-7-6-8-20(26)17-19)24(32)29(2)25(28-22)34-16-5-4-9-23(31)27-10-11-30-12-14-33-15-13-30/h6-8,17H,3-5,9-16,18H2,1-2H3,(H,27,31). The van der Waals surface area contributed by atoms with Crippen LogP contribution >= 0.6 is 23.4 Å². The number of halogens is 1. The van der Waals surface area contributed by atoms with Crippen molar-refractivity contribution in [2.75, 3.05) is 45.1 Å². The van der Waals surface area contributed by atoms with Gasteiger partial charge in [0.25, 0.3) is 5.56 Å². The minimum atomic E-state index is -0.00558. The molecule has 1 aliphatic rings. The average Bonchev–Trinajstić information content (AvgIpc) is 2.84. The number of amides is 1. The molecule has 1 amide bonds. The van der Waals surface area contributed by atoms with E-state index in [2.05, 4.69) is 10.2 Å². The molecule has 3 rings (SSSR count). The molecule has 34 heavy (non-hydrogen) atoms. The monoisotopic (exact) mass is 506 g/mol. The number of rotatable bonds is 12. The van der Waals surface area contributed by atoms with Gasteiger partial charge in [-0.2, -0.15) is 0 Å². The van der Waals surface area contributed by atoms with Gasteiger partial charge in [-0.3, -0.25) is 19.1 Å². The molecule has 0 radical (unpaired) electrons. The van der Waals surface area contributed by atoms with Gasteiger partial charge in [-0.1, -0.05) is 42.4 Å². The Balaban J connectivity index is 1.44. The molecule has 1 saturated heterocycles. The largest absolute Gasteiger partial charge is 0.379 e. The molecule has 9 heteroatoms. The van der Waals surface area contributed by atoms with Crippen molar-refractivity contribution in [3.8, 4) is 0 Å². The number of thioether (sulfide) groups is 1. The maximum atomic E-state index is 13.1. The Kier molecular flexibility index (Phi) is 10.9. The zero-order valence-corrected chi connectivity index (χ0v) is 21.7. The highest BCUT2D eigenvalue weighted by Gasteiger charge is 2.15. The van der Waals surface area contributed by atoms with Crippen LogP contribution in [-0.2, 0) is 29.4 Å². The lowest BCUT2D eigenvalue weighted by Gasteiger charge is -2.26. The summed E-state index contributed by atoms with van der Waals surface area (Å²) in [5.74, 6) is 0.917. The van der Waals surface area contributed by atoms with E-state index in [4.69, 9.17) is 21.3 Å². The predicted molar refractivity (Wildman–Crippen MR) is 138 cm³/mol. The maximum Gasteiger partial charge on any atom is 0.257 e. The molecular weight excluding hydrogens is 472 g/mol. The van der Waals surface area contributed by atoms with E-state index >= 15 is 0 Å². The highest BCUT2D eigenvalue weighted by Crippen LogP contribution is 2.20. The van der Waals surface area contributed by atoms with Gasteiger partial charge in [0.1, 0.15) is 0 Å². The van der Waals surface area contributed by atoms with E-state index in [0.29, 0.717) is 30.8 Å². The first kappa shape index (κ1) is 26.7. The maximum absolute atomic E-state index is 13.1. The number of hydrogen-bond acceptors (Lipinski definition) is 6. The number of nitrogens with zero attached hydrogens (tertiary/aromatic N) is 3. The molecule has 0 saturated carbocycles. The number of aryl methyl sites for hydroxylation is 1. The van der Waals surface area contributed by atoms with Gasteiger partial charge in [0, 0.05) is 62.4 Å². The summed E-state index contributed by atoms with van der Waals surface area (Å²) in [6.45, 7) is 7.00. The zero-order valence-electron chi connectivity index (χ0n) is 20.1. The van der Waals surface area contributed by atoms with E-state index < -0.39 is 0 Å². The van der Waals surface area contributed by atoms with Crippen molar-refractivity contribution in [2.45, 2.75) is 44.2 Å². The summed E-state index contributed by atoms with van der Waals surface area (Å²) < 4.78 is 6.98. The quantitative estimate of drug-likeness (QED) is 0.270. The van der Waals surface area contributed by atoms with E-state index in [-0.39, 0.29) is 11.5 Å². The molecular formula is C25H35ClN4O3S. The van der Waals surface area contributed by atoms with E-state index in [1.165, 1.54) is 0 Å². The van der Waals surface area contributed by atoms with Crippen molar-refractivity contribution < 1.29 is 9.53 Å². The van der Waals surface area contributed by atoms with E-state index in [1.54, 1.807) is 23.4 Å². The van der Waals surface area contributed by atoms with Crippen LogP contribution in [0.3, 0.4) is 0 Å². The average molecular weight is 507 g/mol. The Labute approximate surface area is 211 Å². The number of morpholine rings is 1. The van der Waals surface area contributed by atoms with Gasteiger partial charge >= 0.3 is 0 Å². The molecule has 0 spiro atoms. The number of nitrogens with one attached hydrogen (secondary N) is 1. The van der Waals surface area contributed by atoms with Crippen molar-refractivity contribution in [1.29, 1.82) is 0 Å². The summed E-state index contributed by atoms with van der Waals surface area (Å²) in [6.07, 6.45) is 3.45. The molecule has 0 bridgehead atoms. The second-order valence-electron chi connectivity index (χ2n) is 8.45. The highest BCUT2D eigenvalue weighted by atomic mass is 35.5. The topological polar surface area (TPSA) is 76.5 Å². The summed E-state index contributed by atoms with van der Waals surface area (Å²) in [7, 11) is 1.78. The Bertz CT molecular complexity index is 1010. The van der Waals surface area contributed by atoms with Crippen LogP contribution in [0.15, 0.2) is 34.2 Å². The third kappa shape index (κ3) is 8.12. The molecule has 0 aliphatic carbocycles. The van der Waals surface area contributed by atoms with Crippen LogP contribution in [0.25, 0.3) is 0 Å². The van der Waals surface area contributed by atoms with Gasteiger partial charge in [-0.15, -0.1) is 0 Å². The van der Waals surface area contributed by atoms with Crippen LogP contribution in [0, 0.1) is 0 Å². The van der Waals surface area contributed by atoms with Crippen molar-refractivity contribution in [2.24, 2.45) is 7.05 Å². The highest BCUT2D eigenvalue weighted by molar-refractivity contribution is 7.99. The van der Waals surface area contributed by atoms with Gasteiger partial charge in [-0.05, 0) is 37.0 Å². The first-order valence-electron chi connectivity index (χ1n) is 12.0. The van der Waals surface area contributed by atoms with Crippen molar-refractivity contribution in [1.82, 2.24) is 19.8 Å². The molecule has 1 aromatic heterocycles. The molecule has 1 N–H and O–H groups in total. The van der Waals surface area contributed by atoms with Gasteiger partial charge in [-0.25, -0.2) is 4.98 Å². The van der Waals surface area contributed by atoms with Crippen molar-refractivity contribution in [3.63, 3.8) is 0 Å². The minimum absolute atomic E-state index is 0.00558. The Morgan fingerprint density at radius 2 is 2.06 bits per heavy atom. The smallest absolute Gasteiger partial charge is 0.257 e. The number of carbonyl (C=O) groups excluding carboxylic acids is 1. The Hall–Kier alpha value is -1.87.